The maximum absolute atomic E-state index is 12.0. The highest BCUT2D eigenvalue weighted by Gasteiger charge is 2.32. The van der Waals surface area contributed by atoms with Crippen molar-refractivity contribution in [2.45, 2.75) is 90.9 Å². The number of hydrogen-bond donors (Lipinski definition) is 1. The summed E-state index contributed by atoms with van der Waals surface area (Å²) >= 11 is 3.51. The summed E-state index contributed by atoms with van der Waals surface area (Å²) in [7, 11) is 0. The van der Waals surface area contributed by atoms with E-state index in [1.165, 1.54) is 5.56 Å². The molecule has 6 nitrogen and oxygen atoms in total. The van der Waals surface area contributed by atoms with Crippen LogP contribution in [-0.4, -0.2) is 36.2 Å². The standard InChI is InChI=1S/C18H24O4.C17H23BrO2/c1-2-3-9-22-18(21)16-8-7-14(12-16)10-13-5-4-6-15(11-13)17(19)20;1-2-3-9-20-17(19)15-8-7-14(11-15)10-13-5-4-6-16(18)12-13/h4-6,11,14,16H,2-3,7-10,12H2,1H3,(H,19,20);4-6,12,14-15H,2-3,7-11H2,1H3/t14-,16+;14-,15+/m00/s1. The second-order valence-corrected chi connectivity index (χ2v) is 12.8. The molecular formula is C35H47BrO6. The molecule has 0 radical (unpaired) electrons. The third kappa shape index (κ3) is 11.5. The van der Waals surface area contributed by atoms with Crippen molar-refractivity contribution in [2.24, 2.45) is 23.7 Å². The fourth-order valence-electron chi connectivity index (χ4n) is 5.98. The second kappa shape index (κ2) is 18.1. The first-order valence-corrected chi connectivity index (χ1v) is 16.5. The molecule has 0 spiro atoms. The Morgan fingerprint density at radius 3 is 1.74 bits per heavy atom. The first kappa shape index (κ1) is 33.8. The number of rotatable bonds is 13. The Bertz CT molecular complexity index is 1150. The number of carbonyl (C=O) groups excluding carboxylic acids is 2. The Morgan fingerprint density at radius 2 is 1.26 bits per heavy atom. The molecule has 4 atom stereocenters. The number of ether oxygens (including phenoxy) is 2. The maximum atomic E-state index is 12.0. The number of unbranched alkanes of at least 4 members (excludes halogenated alkanes) is 2. The molecule has 0 aliphatic heterocycles. The van der Waals surface area contributed by atoms with Crippen molar-refractivity contribution < 1.29 is 29.0 Å². The average Bonchev–Trinajstić information content (AvgIpc) is 3.64. The SMILES string of the molecule is CCCCOC(=O)[C@@H]1CC[C@@H](Cc2cccc(Br)c2)C1.CCCCOC(=O)[C@@H]1CC[C@@H](Cc2cccc(C(=O)O)c2)C1. The lowest BCUT2D eigenvalue weighted by atomic mass is 9.95. The Balaban J connectivity index is 0.000000231. The molecule has 4 rings (SSSR count). The van der Waals surface area contributed by atoms with Crippen LogP contribution in [0.15, 0.2) is 53.0 Å². The third-order valence-corrected chi connectivity index (χ3v) is 8.84. The molecule has 2 aliphatic carbocycles. The highest BCUT2D eigenvalue weighted by Crippen LogP contribution is 2.35. The van der Waals surface area contributed by atoms with Crippen LogP contribution in [0.3, 0.4) is 0 Å². The highest BCUT2D eigenvalue weighted by molar-refractivity contribution is 9.10. The first-order valence-electron chi connectivity index (χ1n) is 15.7. The van der Waals surface area contributed by atoms with Gasteiger partial charge in [0.05, 0.1) is 30.6 Å². The van der Waals surface area contributed by atoms with Crippen LogP contribution in [0.25, 0.3) is 0 Å². The van der Waals surface area contributed by atoms with Crippen molar-refractivity contribution >= 4 is 33.8 Å². The van der Waals surface area contributed by atoms with Gasteiger partial charge in [-0.2, -0.15) is 0 Å². The number of carboxylic acids is 1. The third-order valence-electron chi connectivity index (χ3n) is 8.35. The summed E-state index contributed by atoms with van der Waals surface area (Å²) in [5.74, 6) is 0.269. The van der Waals surface area contributed by atoms with E-state index in [9.17, 15) is 14.4 Å². The predicted octanol–water partition coefficient (Wildman–Crippen LogP) is 8.44. The topological polar surface area (TPSA) is 89.9 Å². The largest absolute Gasteiger partial charge is 0.478 e. The monoisotopic (exact) mass is 642 g/mol. The molecular weight excluding hydrogens is 596 g/mol. The van der Waals surface area contributed by atoms with Gasteiger partial charge in [0.1, 0.15) is 0 Å². The Labute approximate surface area is 259 Å². The smallest absolute Gasteiger partial charge is 0.335 e. The molecule has 7 heteroatoms. The summed E-state index contributed by atoms with van der Waals surface area (Å²) in [4.78, 5) is 34.9. The normalized spacial score (nSPS) is 21.3. The zero-order chi connectivity index (χ0) is 30.3. The minimum absolute atomic E-state index is 0.0181. The lowest BCUT2D eigenvalue weighted by Gasteiger charge is -2.12. The van der Waals surface area contributed by atoms with Gasteiger partial charge >= 0.3 is 17.9 Å². The summed E-state index contributed by atoms with van der Waals surface area (Å²) < 4.78 is 11.8. The molecule has 0 aromatic heterocycles. The van der Waals surface area contributed by atoms with Crippen LogP contribution < -0.4 is 0 Å². The van der Waals surface area contributed by atoms with E-state index in [-0.39, 0.29) is 23.8 Å². The van der Waals surface area contributed by atoms with Crippen molar-refractivity contribution in [3.05, 3.63) is 69.7 Å². The van der Waals surface area contributed by atoms with E-state index in [2.05, 4.69) is 48.0 Å². The number of esters is 2. The molecule has 0 amide bonds. The van der Waals surface area contributed by atoms with Crippen molar-refractivity contribution in [1.82, 2.24) is 0 Å². The Morgan fingerprint density at radius 1 is 0.762 bits per heavy atom. The molecule has 0 unspecified atom stereocenters. The van der Waals surface area contributed by atoms with Gasteiger partial charge in [0, 0.05) is 4.47 Å². The molecule has 0 saturated heterocycles. The summed E-state index contributed by atoms with van der Waals surface area (Å²) in [6.07, 6.45) is 11.7. The van der Waals surface area contributed by atoms with Gasteiger partial charge in [0.25, 0.3) is 0 Å². The van der Waals surface area contributed by atoms with Gasteiger partial charge in [-0.3, -0.25) is 9.59 Å². The van der Waals surface area contributed by atoms with Crippen LogP contribution in [-0.2, 0) is 31.9 Å². The van der Waals surface area contributed by atoms with Crippen LogP contribution >= 0.6 is 15.9 Å². The molecule has 2 aliphatic rings. The van der Waals surface area contributed by atoms with E-state index in [4.69, 9.17) is 14.6 Å². The molecule has 42 heavy (non-hydrogen) atoms. The number of halogens is 1. The number of carbonyl (C=O) groups is 3. The Kier molecular flexibility index (Phi) is 14.6. The molecule has 2 aromatic rings. The van der Waals surface area contributed by atoms with Crippen LogP contribution in [0.1, 0.15) is 99.5 Å². The fourth-order valence-corrected chi connectivity index (χ4v) is 6.43. The molecule has 2 aromatic carbocycles. The lowest BCUT2D eigenvalue weighted by Crippen LogP contribution is -2.16. The van der Waals surface area contributed by atoms with Crippen molar-refractivity contribution in [3.63, 3.8) is 0 Å². The summed E-state index contributed by atoms with van der Waals surface area (Å²) in [5, 5.41) is 9.03. The van der Waals surface area contributed by atoms with Crippen LogP contribution in [0.5, 0.6) is 0 Å². The lowest BCUT2D eigenvalue weighted by molar-refractivity contribution is -0.149. The van der Waals surface area contributed by atoms with Gasteiger partial charge in [-0.15, -0.1) is 0 Å². The zero-order valence-electron chi connectivity index (χ0n) is 25.2. The summed E-state index contributed by atoms with van der Waals surface area (Å²) in [6, 6.07) is 15.5. The minimum atomic E-state index is -0.898. The zero-order valence-corrected chi connectivity index (χ0v) is 26.8. The van der Waals surface area contributed by atoms with E-state index < -0.39 is 5.97 Å². The van der Waals surface area contributed by atoms with E-state index in [1.807, 2.05) is 12.1 Å². The Hall–Kier alpha value is -2.67. The van der Waals surface area contributed by atoms with Crippen LogP contribution in [0.4, 0.5) is 0 Å². The van der Waals surface area contributed by atoms with Gasteiger partial charge in [-0.05, 0) is 111 Å². The van der Waals surface area contributed by atoms with Crippen LogP contribution in [0.2, 0.25) is 0 Å². The number of carboxylic acid groups (broad SMARTS) is 1. The predicted molar refractivity (Wildman–Crippen MR) is 168 cm³/mol. The molecule has 0 bridgehead atoms. The van der Waals surface area contributed by atoms with Crippen molar-refractivity contribution in [2.75, 3.05) is 13.2 Å². The average molecular weight is 644 g/mol. The van der Waals surface area contributed by atoms with E-state index in [0.717, 1.165) is 87.1 Å². The van der Waals surface area contributed by atoms with Crippen molar-refractivity contribution in [1.29, 1.82) is 0 Å². The highest BCUT2D eigenvalue weighted by atomic mass is 79.9. The van der Waals surface area contributed by atoms with Crippen LogP contribution in [0, 0.1) is 23.7 Å². The first-order chi connectivity index (χ1) is 20.3. The van der Waals surface area contributed by atoms with E-state index >= 15 is 0 Å². The minimum Gasteiger partial charge on any atom is -0.478 e. The number of aromatic carboxylic acids is 1. The molecule has 2 saturated carbocycles. The molecule has 1 N–H and O–H groups in total. The van der Waals surface area contributed by atoms with Gasteiger partial charge in [-0.25, -0.2) is 4.79 Å². The number of hydrogen-bond acceptors (Lipinski definition) is 5. The van der Waals surface area contributed by atoms with Gasteiger partial charge in [0.15, 0.2) is 0 Å². The molecule has 2 fully saturated rings. The second-order valence-electron chi connectivity index (χ2n) is 11.8. The fraction of sp³-hybridized carbons (Fsp3) is 0.571. The maximum Gasteiger partial charge on any atom is 0.335 e. The molecule has 230 valence electrons. The van der Waals surface area contributed by atoms with Gasteiger partial charge in [-0.1, -0.05) is 66.9 Å². The van der Waals surface area contributed by atoms with E-state index in [1.54, 1.807) is 18.2 Å². The van der Waals surface area contributed by atoms with Gasteiger partial charge < -0.3 is 14.6 Å². The van der Waals surface area contributed by atoms with Crippen molar-refractivity contribution in [3.8, 4) is 0 Å². The quantitative estimate of drug-likeness (QED) is 0.174. The summed E-state index contributed by atoms with van der Waals surface area (Å²) in [5.41, 5.74) is 2.71. The van der Waals surface area contributed by atoms with E-state index in [0.29, 0.717) is 30.6 Å². The van der Waals surface area contributed by atoms with Gasteiger partial charge in [0.2, 0.25) is 0 Å². The number of benzene rings is 2. The summed E-state index contributed by atoms with van der Waals surface area (Å²) in [6.45, 7) is 5.29. The molecule has 0 heterocycles.